The van der Waals surface area contributed by atoms with Gasteiger partial charge in [0.15, 0.2) is 0 Å². The van der Waals surface area contributed by atoms with Crippen LogP contribution in [-0.4, -0.2) is 16.4 Å². The molecule has 1 aliphatic carbocycles. The van der Waals surface area contributed by atoms with Crippen LogP contribution in [0, 0.1) is 10.1 Å². The minimum atomic E-state index is -0.798. The maximum atomic E-state index is 12.4. The summed E-state index contributed by atoms with van der Waals surface area (Å²) in [7, 11) is 0. The third kappa shape index (κ3) is 3.58. The van der Waals surface area contributed by atoms with Crippen LogP contribution in [0.25, 0.3) is 0 Å². The zero-order valence-electron chi connectivity index (χ0n) is 12.2. The first-order valence-corrected chi connectivity index (χ1v) is 7.26. The molecule has 2 rings (SSSR count). The number of nitrogens with two attached hydrogens (primary N) is 1. The molecule has 1 fully saturated rings. The van der Waals surface area contributed by atoms with E-state index in [4.69, 9.17) is 5.73 Å². The van der Waals surface area contributed by atoms with E-state index < -0.39 is 10.5 Å². The third-order valence-corrected chi connectivity index (χ3v) is 4.13. The first-order chi connectivity index (χ1) is 9.92. The van der Waals surface area contributed by atoms with Gasteiger partial charge in [0.05, 0.1) is 16.5 Å². The number of nitro benzene ring substituents is 1. The molecule has 1 aliphatic rings. The van der Waals surface area contributed by atoms with Gasteiger partial charge in [0.2, 0.25) is 5.91 Å². The van der Waals surface area contributed by atoms with Crippen molar-refractivity contribution in [3.8, 4) is 0 Å². The Balaban J connectivity index is 2.06. The Morgan fingerprint density at radius 1 is 1.38 bits per heavy atom. The van der Waals surface area contributed by atoms with E-state index in [9.17, 15) is 14.9 Å². The van der Waals surface area contributed by atoms with Crippen LogP contribution in [0.15, 0.2) is 24.3 Å². The monoisotopic (exact) mass is 291 g/mol. The fourth-order valence-electron chi connectivity index (χ4n) is 2.74. The van der Waals surface area contributed by atoms with Gasteiger partial charge in [-0.05, 0) is 25.3 Å². The van der Waals surface area contributed by atoms with Crippen LogP contribution in [0.3, 0.4) is 0 Å². The fourth-order valence-corrected chi connectivity index (χ4v) is 2.74. The molecule has 0 aromatic heterocycles. The highest BCUT2D eigenvalue weighted by Gasteiger charge is 2.35. The van der Waals surface area contributed by atoms with Crippen molar-refractivity contribution < 1.29 is 9.72 Å². The number of benzene rings is 1. The molecule has 0 radical (unpaired) electrons. The summed E-state index contributed by atoms with van der Waals surface area (Å²) in [6.45, 7) is 1.81. The molecule has 1 unspecified atom stereocenters. The molecule has 0 aliphatic heterocycles. The van der Waals surface area contributed by atoms with Crippen LogP contribution >= 0.6 is 0 Å². The number of hydrogen-bond acceptors (Lipinski definition) is 4. The molecular weight excluding hydrogens is 270 g/mol. The number of amides is 1. The van der Waals surface area contributed by atoms with Crippen LogP contribution < -0.4 is 11.1 Å². The first kappa shape index (κ1) is 15.4. The number of nitrogens with zero attached hydrogens (tertiary/aromatic N) is 1. The summed E-state index contributed by atoms with van der Waals surface area (Å²) in [5.74, 6) is -0.166. The van der Waals surface area contributed by atoms with Crippen LogP contribution in [0.2, 0.25) is 0 Å². The minimum Gasteiger partial charge on any atom is -0.348 e. The maximum absolute atomic E-state index is 12.4. The minimum absolute atomic E-state index is 0.0220. The Labute approximate surface area is 123 Å². The molecule has 1 amide bonds. The lowest BCUT2D eigenvalue weighted by Crippen LogP contribution is -2.55. The van der Waals surface area contributed by atoms with E-state index >= 15 is 0 Å². The Kier molecular flexibility index (Phi) is 4.57. The lowest BCUT2D eigenvalue weighted by atomic mass is 9.81. The average Bonchev–Trinajstić information content (AvgIpc) is 2.48. The molecule has 114 valence electrons. The van der Waals surface area contributed by atoms with Gasteiger partial charge in [0.1, 0.15) is 0 Å². The van der Waals surface area contributed by atoms with Gasteiger partial charge < -0.3 is 11.1 Å². The highest BCUT2D eigenvalue weighted by molar-refractivity contribution is 5.86. The van der Waals surface area contributed by atoms with Crippen LogP contribution in [0.1, 0.15) is 50.6 Å². The van der Waals surface area contributed by atoms with E-state index in [0.717, 1.165) is 19.3 Å². The van der Waals surface area contributed by atoms with Crippen LogP contribution in [0.5, 0.6) is 0 Å². The highest BCUT2D eigenvalue weighted by atomic mass is 16.6. The predicted octanol–water partition coefficient (Wildman–Crippen LogP) is 2.43. The quantitative estimate of drug-likeness (QED) is 0.657. The number of carbonyl (C=O) groups excluding carboxylic acids is 1. The highest BCUT2D eigenvalue weighted by Crippen LogP contribution is 2.27. The van der Waals surface area contributed by atoms with Crippen molar-refractivity contribution in [2.45, 2.75) is 50.6 Å². The van der Waals surface area contributed by atoms with E-state index in [1.165, 1.54) is 12.1 Å². The molecule has 1 aromatic rings. The second kappa shape index (κ2) is 6.22. The molecule has 1 saturated carbocycles. The van der Waals surface area contributed by atoms with Crippen molar-refractivity contribution >= 4 is 11.6 Å². The van der Waals surface area contributed by atoms with Gasteiger partial charge in [-0.1, -0.05) is 31.4 Å². The summed E-state index contributed by atoms with van der Waals surface area (Å²) < 4.78 is 0. The molecular formula is C15H21N3O3. The second-order valence-electron chi connectivity index (χ2n) is 5.76. The van der Waals surface area contributed by atoms with Gasteiger partial charge in [-0.15, -0.1) is 0 Å². The summed E-state index contributed by atoms with van der Waals surface area (Å²) >= 11 is 0. The van der Waals surface area contributed by atoms with Crippen LogP contribution in [0.4, 0.5) is 5.69 Å². The lowest BCUT2D eigenvalue weighted by Gasteiger charge is -2.33. The standard InChI is InChI=1S/C15H21N3O3/c1-11(12-6-5-7-13(10-12)18(20)21)17-14(19)15(16)8-3-2-4-9-15/h5-7,10-11H,2-4,8-9,16H2,1H3,(H,17,19). The molecule has 21 heavy (non-hydrogen) atoms. The Morgan fingerprint density at radius 2 is 2.05 bits per heavy atom. The van der Waals surface area contributed by atoms with E-state index in [-0.39, 0.29) is 17.6 Å². The summed E-state index contributed by atoms with van der Waals surface area (Å²) in [5, 5.41) is 13.7. The first-order valence-electron chi connectivity index (χ1n) is 7.26. The van der Waals surface area contributed by atoms with E-state index in [0.29, 0.717) is 18.4 Å². The number of hydrogen-bond donors (Lipinski definition) is 2. The van der Waals surface area contributed by atoms with Crippen molar-refractivity contribution in [3.05, 3.63) is 39.9 Å². The number of rotatable bonds is 4. The molecule has 0 spiro atoms. The van der Waals surface area contributed by atoms with Crippen molar-refractivity contribution in [3.63, 3.8) is 0 Å². The molecule has 1 atom stereocenters. The molecule has 6 nitrogen and oxygen atoms in total. The molecule has 0 bridgehead atoms. The molecule has 6 heteroatoms. The normalized spacial score (nSPS) is 18.8. The Bertz CT molecular complexity index is 539. The Morgan fingerprint density at radius 3 is 2.67 bits per heavy atom. The maximum Gasteiger partial charge on any atom is 0.269 e. The van der Waals surface area contributed by atoms with Crippen LogP contribution in [-0.2, 0) is 4.79 Å². The number of nitrogens with one attached hydrogen (secondary N) is 1. The molecule has 1 aromatic carbocycles. The summed E-state index contributed by atoms with van der Waals surface area (Å²) in [4.78, 5) is 22.7. The van der Waals surface area contributed by atoms with E-state index in [1.54, 1.807) is 12.1 Å². The number of carbonyl (C=O) groups is 1. The predicted molar refractivity (Wildman–Crippen MR) is 79.7 cm³/mol. The van der Waals surface area contributed by atoms with Gasteiger partial charge in [-0.3, -0.25) is 14.9 Å². The SMILES string of the molecule is CC(NC(=O)C1(N)CCCCC1)c1cccc([N+](=O)[O-])c1. The van der Waals surface area contributed by atoms with E-state index in [2.05, 4.69) is 5.32 Å². The summed E-state index contributed by atoms with van der Waals surface area (Å²) in [6.07, 6.45) is 4.44. The smallest absolute Gasteiger partial charge is 0.269 e. The third-order valence-electron chi connectivity index (χ3n) is 4.13. The second-order valence-corrected chi connectivity index (χ2v) is 5.76. The fraction of sp³-hybridized carbons (Fsp3) is 0.533. The lowest BCUT2D eigenvalue weighted by molar-refractivity contribution is -0.384. The Hall–Kier alpha value is -1.95. The zero-order chi connectivity index (χ0) is 15.5. The van der Waals surface area contributed by atoms with Gasteiger partial charge in [0, 0.05) is 12.1 Å². The summed E-state index contributed by atoms with van der Waals surface area (Å²) in [6, 6.07) is 6.00. The number of non-ortho nitro benzene ring substituents is 1. The van der Waals surface area contributed by atoms with Gasteiger partial charge >= 0.3 is 0 Å². The number of nitro groups is 1. The van der Waals surface area contributed by atoms with Crippen molar-refractivity contribution in [1.29, 1.82) is 0 Å². The average molecular weight is 291 g/mol. The largest absolute Gasteiger partial charge is 0.348 e. The topological polar surface area (TPSA) is 98.3 Å². The molecule has 0 saturated heterocycles. The van der Waals surface area contributed by atoms with Gasteiger partial charge in [-0.25, -0.2) is 0 Å². The van der Waals surface area contributed by atoms with Crippen molar-refractivity contribution in [2.75, 3.05) is 0 Å². The van der Waals surface area contributed by atoms with Gasteiger partial charge in [-0.2, -0.15) is 0 Å². The molecule has 3 N–H and O–H groups in total. The van der Waals surface area contributed by atoms with E-state index in [1.807, 2.05) is 6.92 Å². The molecule has 0 heterocycles. The van der Waals surface area contributed by atoms with Crippen molar-refractivity contribution in [2.24, 2.45) is 5.73 Å². The summed E-state index contributed by atoms with van der Waals surface area (Å²) in [5.41, 5.74) is 6.12. The zero-order valence-corrected chi connectivity index (χ0v) is 12.2. The van der Waals surface area contributed by atoms with Gasteiger partial charge in [0.25, 0.3) is 5.69 Å². The van der Waals surface area contributed by atoms with Crippen molar-refractivity contribution in [1.82, 2.24) is 5.32 Å².